The lowest BCUT2D eigenvalue weighted by Gasteiger charge is -2.46. The molecular formula is C14H19Cl2N3. The molecule has 104 valence electrons. The molecule has 5 heteroatoms. The van der Waals surface area contributed by atoms with E-state index in [0.29, 0.717) is 15.5 Å². The average molecular weight is 300 g/mol. The van der Waals surface area contributed by atoms with Crippen LogP contribution in [-0.2, 0) is 0 Å². The Hall–Kier alpha value is -0.510. The summed E-state index contributed by atoms with van der Waals surface area (Å²) in [6.45, 7) is 4.36. The molecule has 0 radical (unpaired) electrons. The summed E-state index contributed by atoms with van der Waals surface area (Å²) in [6, 6.07) is 1.78. The molecule has 2 fully saturated rings. The first-order valence-corrected chi connectivity index (χ1v) is 7.71. The molecule has 19 heavy (non-hydrogen) atoms. The minimum Gasteiger partial charge on any atom is -0.355 e. The lowest BCUT2D eigenvalue weighted by atomic mass is 9.74. The van der Waals surface area contributed by atoms with Gasteiger partial charge in [-0.15, -0.1) is 0 Å². The van der Waals surface area contributed by atoms with Crippen molar-refractivity contribution < 1.29 is 0 Å². The van der Waals surface area contributed by atoms with Crippen LogP contribution in [0.3, 0.4) is 0 Å². The van der Waals surface area contributed by atoms with Crippen molar-refractivity contribution in [2.24, 2.45) is 5.41 Å². The second-order valence-corrected chi connectivity index (χ2v) is 6.61. The molecule has 0 saturated carbocycles. The first-order valence-electron chi connectivity index (χ1n) is 6.95. The number of hydrogen-bond donors (Lipinski definition) is 1. The highest BCUT2D eigenvalue weighted by molar-refractivity contribution is 6.36. The molecule has 1 unspecified atom stereocenters. The van der Waals surface area contributed by atoms with Gasteiger partial charge in [-0.2, -0.15) is 0 Å². The van der Waals surface area contributed by atoms with E-state index >= 15 is 0 Å². The molecule has 3 nitrogen and oxygen atoms in total. The van der Waals surface area contributed by atoms with Crippen LogP contribution in [0.2, 0.25) is 10.0 Å². The maximum absolute atomic E-state index is 6.29. The molecule has 0 amide bonds. The molecule has 1 N–H and O–H groups in total. The van der Waals surface area contributed by atoms with E-state index in [1.807, 2.05) is 0 Å². The number of aromatic nitrogens is 1. The van der Waals surface area contributed by atoms with Crippen LogP contribution in [-0.4, -0.2) is 31.2 Å². The Bertz CT molecular complexity index is 452. The van der Waals surface area contributed by atoms with Gasteiger partial charge in [-0.05, 0) is 38.3 Å². The second-order valence-electron chi connectivity index (χ2n) is 5.76. The maximum atomic E-state index is 6.29. The molecule has 3 rings (SSSR count). The van der Waals surface area contributed by atoms with Gasteiger partial charge in [-0.1, -0.05) is 23.2 Å². The predicted octanol–water partition coefficient (Wildman–Crippen LogP) is 3.36. The van der Waals surface area contributed by atoms with Gasteiger partial charge in [0, 0.05) is 31.2 Å². The number of anilines is 1. The Morgan fingerprint density at radius 2 is 2.11 bits per heavy atom. The predicted molar refractivity (Wildman–Crippen MR) is 80.2 cm³/mol. The number of rotatable bonds is 1. The van der Waals surface area contributed by atoms with E-state index in [1.165, 1.54) is 25.7 Å². The molecule has 1 aromatic rings. The van der Waals surface area contributed by atoms with E-state index in [9.17, 15) is 0 Å². The summed E-state index contributed by atoms with van der Waals surface area (Å²) in [7, 11) is 0. The van der Waals surface area contributed by atoms with Crippen molar-refractivity contribution in [3.8, 4) is 0 Å². The van der Waals surface area contributed by atoms with Crippen molar-refractivity contribution in [3.63, 3.8) is 0 Å². The van der Waals surface area contributed by atoms with Crippen molar-refractivity contribution in [2.45, 2.75) is 25.7 Å². The number of nitrogens with zero attached hydrogens (tertiary/aromatic N) is 2. The lowest BCUT2D eigenvalue weighted by molar-refractivity contribution is 0.173. The zero-order valence-corrected chi connectivity index (χ0v) is 12.5. The van der Waals surface area contributed by atoms with Crippen LogP contribution in [0.4, 0.5) is 5.82 Å². The fourth-order valence-corrected chi connectivity index (χ4v) is 3.91. The van der Waals surface area contributed by atoms with Crippen molar-refractivity contribution in [2.75, 3.05) is 31.1 Å². The van der Waals surface area contributed by atoms with Crippen molar-refractivity contribution >= 4 is 29.0 Å². The Morgan fingerprint density at radius 3 is 2.84 bits per heavy atom. The van der Waals surface area contributed by atoms with E-state index in [2.05, 4.69) is 15.2 Å². The molecule has 1 aromatic heterocycles. The van der Waals surface area contributed by atoms with Gasteiger partial charge >= 0.3 is 0 Å². The highest BCUT2D eigenvalue weighted by Gasteiger charge is 2.37. The highest BCUT2D eigenvalue weighted by atomic mass is 35.5. The first kappa shape index (κ1) is 13.5. The third-order valence-electron chi connectivity index (χ3n) is 4.31. The summed E-state index contributed by atoms with van der Waals surface area (Å²) < 4.78 is 0. The quantitative estimate of drug-likeness (QED) is 0.862. The molecule has 0 aromatic carbocycles. The molecule has 2 saturated heterocycles. The van der Waals surface area contributed by atoms with Crippen LogP contribution >= 0.6 is 23.2 Å². The number of nitrogens with one attached hydrogen (secondary N) is 1. The lowest BCUT2D eigenvalue weighted by Crippen LogP contribution is -2.51. The number of pyridine rings is 1. The Kier molecular flexibility index (Phi) is 3.88. The molecule has 0 bridgehead atoms. The third kappa shape index (κ3) is 2.83. The van der Waals surface area contributed by atoms with E-state index in [4.69, 9.17) is 23.2 Å². The van der Waals surface area contributed by atoms with Gasteiger partial charge in [0.05, 0.1) is 10.0 Å². The molecule has 1 spiro atoms. The van der Waals surface area contributed by atoms with Gasteiger partial charge in [0.25, 0.3) is 0 Å². The zero-order valence-electron chi connectivity index (χ0n) is 11.0. The summed E-state index contributed by atoms with van der Waals surface area (Å²) in [4.78, 5) is 6.75. The van der Waals surface area contributed by atoms with Crippen LogP contribution in [0.15, 0.2) is 12.3 Å². The molecule has 0 aliphatic carbocycles. The molecule has 2 aliphatic heterocycles. The fraction of sp³-hybridized carbons (Fsp3) is 0.643. The monoisotopic (exact) mass is 299 g/mol. The average Bonchev–Trinajstić information content (AvgIpc) is 2.39. The number of halogens is 2. The summed E-state index contributed by atoms with van der Waals surface area (Å²) in [6.07, 6.45) is 6.78. The van der Waals surface area contributed by atoms with Crippen molar-refractivity contribution in [1.82, 2.24) is 10.3 Å². The Balaban J connectivity index is 1.81. The van der Waals surface area contributed by atoms with Crippen LogP contribution in [0.5, 0.6) is 0 Å². The maximum Gasteiger partial charge on any atom is 0.147 e. The second kappa shape index (κ2) is 5.47. The summed E-state index contributed by atoms with van der Waals surface area (Å²) >= 11 is 12.2. The normalized spacial score (nSPS) is 27.8. The topological polar surface area (TPSA) is 28.2 Å². The first-order chi connectivity index (χ1) is 9.19. The zero-order chi connectivity index (χ0) is 13.3. The number of hydrogen-bond acceptors (Lipinski definition) is 3. The third-order valence-corrected chi connectivity index (χ3v) is 4.79. The standard InChI is InChI=1S/C14H19Cl2N3/c15-11-7-12(16)13(18-8-11)19-6-2-4-14(10-19)3-1-5-17-9-14/h7-8,17H,1-6,9-10H2. The van der Waals surface area contributed by atoms with Gasteiger partial charge in [0.1, 0.15) is 5.82 Å². The number of piperidine rings is 2. The molecular weight excluding hydrogens is 281 g/mol. The van der Waals surface area contributed by atoms with Crippen molar-refractivity contribution in [1.29, 1.82) is 0 Å². The van der Waals surface area contributed by atoms with Crippen molar-refractivity contribution in [3.05, 3.63) is 22.3 Å². The van der Waals surface area contributed by atoms with Crippen LogP contribution in [0, 0.1) is 5.41 Å². The van der Waals surface area contributed by atoms with Gasteiger partial charge in [0.15, 0.2) is 0 Å². The van der Waals surface area contributed by atoms with Crippen LogP contribution in [0.25, 0.3) is 0 Å². The molecule has 2 aliphatic rings. The summed E-state index contributed by atoms with van der Waals surface area (Å²) in [5.74, 6) is 0.885. The van der Waals surface area contributed by atoms with Gasteiger partial charge in [-0.25, -0.2) is 4.98 Å². The largest absolute Gasteiger partial charge is 0.355 e. The minimum absolute atomic E-state index is 0.404. The van der Waals surface area contributed by atoms with E-state index in [-0.39, 0.29) is 0 Å². The molecule has 3 heterocycles. The smallest absolute Gasteiger partial charge is 0.147 e. The van der Waals surface area contributed by atoms with Crippen LogP contribution < -0.4 is 10.2 Å². The Labute approximate surface area is 124 Å². The molecule has 1 atom stereocenters. The summed E-state index contributed by atoms with van der Waals surface area (Å²) in [5, 5.41) is 4.80. The van der Waals surface area contributed by atoms with E-state index in [1.54, 1.807) is 12.3 Å². The van der Waals surface area contributed by atoms with Crippen LogP contribution in [0.1, 0.15) is 25.7 Å². The van der Waals surface area contributed by atoms with Gasteiger partial charge in [0.2, 0.25) is 0 Å². The fourth-order valence-electron chi connectivity index (χ4n) is 3.41. The van der Waals surface area contributed by atoms with E-state index < -0.39 is 0 Å². The minimum atomic E-state index is 0.404. The highest BCUT2D eigenvalue weighted by Crippen LogP contribution is 2.38. The Morgan fingerprint density at radius 1 is 1.26 bits per heavy atom. The SMILES string of the molecule is Clc1cnc(N2CCCC3(CCCNC3)C2)c(Cl)c1. The summed E-state index contributed by atoms with van der Waals surface area (Å²) in [5.41, 5.74) is 0.404. The van der Waals surface area contributed by atoms with Gasteiger partial charge in [-0.3, -0.25) is 0 Å². The van der Waals surface area contributed by atoms with E-state index in [0.717, 1.165) is 32.0 Å². The van der Waals surface area contributed by atoms with Gasteiger partial charge < -0.3 is 10.2 Å².